The lowest BCUT2D eigenvalue weighted by molar-refractivity contribution is -0.384. The second-order valence-electron chi connectivity index (χ2n) is 12.7. The molecule has 5 rings (SSSR count). The summed E-state index contributed by atoms with van der Waals surface area (Å²) in [4.78, 5) is 65.3. The number of aliphatic carboxylic acids is 1. The predicted octanol–water partition coefficient (Wildman–Crippen LogP) is 4.17. The van der Waals surface area contributed by atoms with Crippen LogP contribution in [0.2, 0.25) is 0 Å². The van der Waals surface area contributed by atoms with Crippen molar-refractivity contribution in [2.45, 2.75) is 39.5 Å². The number of morpholine rings is 1. The summed E-state index contributed by atoms with van der Waals surface area (Å²) in [6, 6.07) is 7.40. The summed E-state index contributed by atoms with van der Waals surface area (Å²) in [5.74, 6) is -4.11. The average Bonchev–Trinajstić information content (AvgIpc) is 3.77. The minimum absolute atomic E-state index is 0.0472. The van der Waals surface area contributed by atoms with E-state index >= 15 is 0 Å². The van der Waals surface area contributed by atoms with Gasteiger partial charge in [0.25, 0.3) is 11.6 Å². The van der Waals surface area contributed by atoms with E-state index in [-0.39, 0.29) is 47.9 Å². The summed E-state index contributed by atoms with van der Waals surface area (Å²) in [5, 5.41) is 26.7. The number of ether oxygens (including phenoxy) is 4. The van der Waals surface area contributed by atoms with E-state index in [1.807, 2.05) is 6.92 Å². The van der Waals surface area contributed by atoms with Crippen molar-refractivity contribution in [3.63, 3.8) is 0 Å². The highest BCUT2D eigenvalue weighted by Gasteiger charge is 2.38. The van der Waals surface area contributed by atoms with Gasteiger partial charge in [-0.2, -0.15) is 23.3 Å². The van der Waals surface area contributed by atoms with Crippen LogP contribution in [0.15, 0.2) is 47.5 Å². The van der Waals surface area contributed by atoms with Crippen LogP contribution in [0.4, 0.5) is 24.5 Å². The highest BCUT2D eigenvalue weighted by atomic mass is 32.1. The maximum Gasteiger partial charge on any atom is 0.490 e. The SMILES string of the molecule is CCn1nc(C)cc1C(=O)N=c1sc2cc(C(=O)OC)cc(OC)c2n1C/C=C/CNc1c(OCCCN2CCOCC2)cc(C(N)=O)cc1[N+](=O)[O-].O=C(O)C(F)(F)F. The lowest BCUT2D eigenvalue weighted by Crippen LogP contribution is -2.37. The number of benzene rings is 2. The first-order valence-corrected chi connectivity index (χ1v) is 19.0. The van der Waals surface area contributed by atoms with E-state index in [0.717, 1.165) is 25.7 Å². The fourth-order valence-electron chi connectivity index (χ4n) is 5.82. The second kappa shape index (κ2) is 21.1. The fraction of sp³-hybridized carbons (Fsp3) is 0.405. The van der Waals surface area contributed by atoms with Crippen LogP contribution in [-0.2, 0) is 27.4 Å². The summed E-state index contributed by atoms with van der Waals surface area (Å²) >= 11 is 1.20. The molecule has 2 aromatic heterocycles. The van der Waals surface area contributed by atoms with Crippen LogP contribution in [0, 0.1) is 17.0 Å². The van der Waals surface area contributed by atoms with Crippen LogP contribution in [-0.4, -0.2) is 119 Å². The molecule has 3 heterocycles. The van der Waals surface area contributed by atoms with Gasteiger partial charge >= 0.3 is 18.1 Å². The number of aromatic nitrogens is 3. The molecule has 0 saturated carbocycles. The molecule has 0 atom stereocenters. The van der Waals surface area contributed by atoms with E-state index < -0.39 is 34.9 Å². The third-order valence-electron chi connectivity index (χ3n) is 8.64. The van der Waals surface area contributed by atoms with Gasteiger partial charge in [-0.25, -0.2) is 9.59 Å². The quantitative estimate of drug-likeness (QED) is 0.0471. The van der Waals surface area contributed by atoms with Gasteiger partial charge in [-0.1, -0.05) is 23.5 Å². The largest absolute Gasteiger partial charge is 0.494 e. The number of halogens is 3. The number of nitro groups is 1. The van der Waals surface area contributed by atoms with Crippen molar-refractivity contribution in [2.75, 3.05) is 65.5 Å². The van der Waals surface area contributed by atoms with Crippen molar-refractivity contribution in [1.82, 2.24) is 19.2 Å². The molecule has 0 unspecified atom stereocenters. The molecular weight excluding hydrogens is 822 g/mol. The van der Waals surface area contributed by atoms with Gasteiger partial charge in [0.15, 0.2) is 10.5 Å². The molecule has 2 aromatic carbocycles. The molecule has 2 amide bonds. The number of primary amides is 1. The van der Waals surface area contributed by atoms with Crippen molar-refractivity contribution >= 4 is 56.7 Å². The Labute approximate surface area is 343 Å². The number of anilines is 1. The lowest BCUT2D eigenvalue weighted by atomic mass is 10.1. The van der Waals surface area contributed by atoms with Gasteiger partial charge in [-0.15, -0.1) is 0 Å². The van der Waals surface area contributed by atoms with E-state index in [0.29, 0.717) is 58.3 Å². The van der Waals surface area contributed by atoms with Crippen molar-refractivity contribution in [3.05, 3.63) is 79.9 Å². The first kappa shape index (κ1) is 46.4. The highest BCUT2D eigenvalue weighted by molar-refractivity contribution is 7.16. The number of alkyl halides is 3. The summed E-state index contributed by atoms with van der Waals surface area (Å²) in [5.41, 5.74) is 7.06. The van der Waals surface area contributed by atoms with Gasteiger partial charge in [0, 0.05) is 50.9 Å². The predicted molar refractivity (Wildman–Crippen MR) is 211 cm³/mol. The molecule has 1 aliphatic rings. The minimum Gasteiger partial charge on any atom is -0.494 e. The molecule has 1 saturated heterocycles. The Balaban J connectivity index is 0.00000104. The number of aryl methyl sites for hydroxylation is 2. The molecule has 23 heteroatoms. The molecule has 0 spiro atoms. The summed E-state index contributed by atoms with van der Waals surface area (Å²) in [7, 11) is 2.76. The third kappa shape index (κ3) is 12.1. The van der Waals surface area contributed by atoms with Gasteiger partial charge in [0.1, 0.15) is 22.7 Å². The number of carbonyl (C=O) groups excluding carboxylic acids is 3. The van der Waals surface area contributed by atoms with Crippen LogP contribution >= 0.6 is 11.3 Å². The zero-order valence-electron chi connectivity index (χ0n) is 32.9. The van der Waals surface area contributed by atoms with Crippen LogP contribution in [0.3, 0.4) is 0 Å². The van der Waals surface area contributed by atoms with Crippen molar-refractivity contribution in [2.24, 2.45) is 10.7 Å². The molecule has 60 heavy (non-hydrogen) atoms. The Kier molecular flexibility index (Phi) is 16.3. The molecular formula is C37H43F3N8O11S. The van der Waals surface area contributed by atoms with Crippen LogP contribution in [0.1, 0.15) is 50.2 Å². The van der Waals surface area contributed by atoms with E-state index in [9.17, 15) is 37.7 Å². The van der Waals surface area contributed by atoms with Gasteiger partial charge < -0.3 is 39.7 Å². The molecule has 0 bridgehead atoms. The second-order valence-corrected chi connectivity index (χ2v) is 13.7. The Hall–Kier alpha value is -6.33. The molecule has 1 aliphatic heterocycles. The van der Waals surface area contributed by atoms with Crippen LogP contribution < -0.4 is 25.3 Å². The number of hydrogen-bond acceptors (Lipinski definition) is 14. The zero-order chi connectivity index (χ0) is 44.1. The van der Waals surface area contributed by atoms with Gasteiger partial charge in [0.2, 0.25) is 5.91 Å². The van der Waals surface area contributed by atoms with Crippen molar-refractivity contribution in [1.29, 1.82) is 0 Å². The molecule has 0 aliphatic carbocycles. The smallest absolute Gasteiger partial charge is 0.490 e. The first-order valence-electron chi connectivity index (χ1n) is 18.2. The number of nitro benzene ring substituents is 1. The maximum absolute atomic E-state index is 13.4. The number of thiazole rings is 1. The fourth-order valence-corrected chi connectivity index (χ4v) is 6.91. The molecule has 19 nitrogen and oxygen atoms in total. The number of rotatable bonds is 16. The summed E-state index contributed by atoms with van der Waals surface area (Å²) in [6.07, 6.45) is -0.884. The minimum atomic E-state index is -5.08. The standard InChI is InChI=1S/C35H42N8O9S.C2HF3O2/c1-5-42-26(17-22(2)39-42)33(45)38-35-41(31-28(49-3)20-24(34(46)50-4)21-29(31)53-35)11-7-6-9-37-30-25(43(47)48)18-23(32(36)44)19-27(30)52-14-8-10-40-12-15-51-16-13-40;3-2(4,5)1(6)7/h6-7,17-21,37H,5,8-16H2,1-4H3,(H2,36,44);(H,6,7)/b7-6+,38-35?;. The Morgan fingerprint density at radius 3 is 2.38 bits per heavy atom. The molecule has 4 N–H and O–H groups in total. The number of carboxylic acid groups (broad SMARTS) is 1. The van der Waals surface area contributed by atoms with Gasteiger partial charge in [-0.3, -0.25) is 29.3 Å². The van der Waals surface area contributed by atoms with E-state index in [2.05, 4.69) is 20.3 Å². The number of carbonyl (C=O) groups is 4. The average molecular weight is 865 g/mol. The van der Waals surface area contributed by atoms with Crippen LogP contribution in [0.5, 0.6) is 11.5 Å². The topological polar surface area (TPSA) is 245 Å². The third-order valence-corrected chi connectivity index (χ3v) is 9.66. The Morgan fingerprint density at radius 1 is 1.10 bits per heavy atom. The number of fused-ring (bicyclic) bond motifs is 1. The molecule has 4 aromatic rings. The lowest BCUT2D eigenvalue weighted by Gasteiger charge is -2.26. The number of nitrogens with two attached hydrogens (primary N) is 1. The highest BCUT2D eigenvalue weighted by Crippen LogP contribution is 2.36. The normalized spacial score (nSPS) is 13.5. The monoisotopic (exact) mass is 864 g/mol. The van der Waals surface area contributed by atoms with E-state index in [1.165, 1.54) is 31.6 Å². The number of carboxylic acids is 1. The Morgan fingerprint density at radius 2 is 1.78 bits per heavy atom. The summed E-state index contributed by atoms with van der Waals surface area (Å²) in [6.45, 7) is 8.48. The van der Waals surface area contributed by atoms with Crippen LogP contribution in [0.25, 0.3) is 10.2 Å². The molecule has 0 radical (unpaired) electrons. The number of nitrogens with one attached hydrogen (secondary N) is 1. The van der Waals surface area contributed by atoms with E-state index in [4.69, 9.17) is 34.6 Å². The number of nitrogens with zero attached hydrogens (tertiary/aromatic N) is 6. The number of hydrogen-bond donors (Lipinski definition) is 3. The maximum atomic E-state index is 13.4. The van der Waals surface area contributed by atoms with Crippen molar-refractivity contribution in [3.8, 4) is 11.5 Å². The zero-order valence-corrected chi connectivity index (χ0v) is 33.8. The number of esters is 1. The van der Waals surface area contributed by atoms with E-state index in [1.54, 1.807) is 46.5 Å². The number of methoxy groups -OCH3 is 2. The van der Waals surface area contributed by atoms with Crippen molar-refractivity contribution < 1.29 is 61.3 Å². The summed E-state index contributed by atoms with van der Waals surface area (Å²) < 4.78 is 57.7. The van der Waals surface area contributed by atoms with Gasteiger partial charge in [0.05, 0.1) is 54.9 Å². The molecule has 324 valence electrons. The Bertz CT molecular complexity index is 2320. The number of allylic oxidation sites excluding steroid dienone is 1. The number of amides is 2. The van der Waals surface area contributed by atoms with Gasteiger partial charge in [-0.05, 0) is 44.5 Å². The first-order chi connectivity index (χ1) is 28.5. The molecule has 1 fully saturated rings.